The zero-order valence-electron chi connectivity index (χ0n) is 13.1. The van der Waals surface area contributed by atoms with Crippen LogP contribution in [0.25, 0.3) is 0 Å². The maximum Gasteiger partial charge on any atom is 0.276 e. The summed E-state index contributed by atoms with van der Waals surface area (Å²) in [6.45, 7) is 2.18. The Labute approximate surface area is 139 Å². The molecule has 6 heteroatoms. The third-order valence-electron chi connectivity index (χ3n) is 3.42. The minimum absolute atomic E-state index is 0.0879. The Morgan fingerprint density at radius 3 is 2.83 bits per heavy atom. The Bertz CT molecular complexity index is 858. The van der Waals surface area contributed by atoms with Gasteiger partial charge in [-0.15, -0.1) is 0 Å². The average molecular weight is 323 g/mol. The Balaban J connectivity index is 1.62. The topological polar surface area (TPSA) is 76.4 Å². The number of anilines is 1. The lowest BCUT2D eigenvalue weighted by Crippen LogP contribution is -2.14. The van der Waals surface area contributed by atoms with Crippen molar-refractivity contribution in [2.45, 2.75) is 13.7 Å². The fraction of sp³-hybridized carbons (Fsp3) is 0.111. The van der Waals surface area contributed by atoms with Crippen molar-refractivity contribution in [3.63, 3.8) is 0 Å². The zero-order valence-corrected chi connectivity index (χ0v) is 13.1. The lowest BCUT2D eigenvalue weighted by Gasteiger charge is -2.08. The molecule has 3 rings (SSSR count). The van der Waals surface area contributed by atoms with Gasteiger partial charge in [0.2, 0.25) is 0 Å². The first-order valence-corrected chi connectivity index (χ1v) is 7.44. The summed E-state index contributed by atoms with van der Waals surface area (Å²) in [5, 5.41) is 16.3. The molecule has 0 fully saturated rings. The number of ether oxygens (including phenoxy) is 1. The molecule has 1 heterocycles. The van der Waals surface area contributed by atoms with Crippen LogP contribution in [0.5, 0.6) is 11.5 Å². The molecule has 0 unspecified atom stereocenters. The van der Waals surface area contributed by atoms with Gasteiger partial charge in [-0.2, -0.15) is 5.10 Å². The number of hydrogen-bond acceptors (Lipinski definition) is 4. The number of carbonyl (C=O) groups excluding carboxylic acids is 1. The maximum atomic E-state index is 12.2. The lowest BCUT2D eigenvalue weighted by molar-refractivity contribution is 0.102. The van der Waals surface area contributed by atoms with E-state index in [9.17, 15) is 9.90 Å². The summed E-state index contributed by atoms with van der Waals surface area (Å²) in [6, 6.07) is 15.7. The van der Waals surface area contributed by atoms with Crippen LogP contribution >= 0.6 is 0 Å². The Kier molecular flexibility index (Phi) is 4.47. The van der Waals surface area contributed by atoms with Gasteiger partial charge in [-0.3, -0.25) is 4.79 Å². The van der Waals surface area contributed by atoms with Crippen molar-refractivity contribution in [3.05, 3.63) is 72.1 Å². The number of rotatable bonds is 5. The van der Waals surface area contributed by atoms with Crippen LogP contribution in [0.15, 0.2) is 60.8 Å². The summed E-state index contributed by atoms with van der Waals surface area (Å²) in [5.41, 5.74) is 1.81. The summed E-state index contributed by atoms with van der Waals surface area (Å²) >= 11 is 0. The fourth-order valence-electron chi connectivity index (χ4n) is 2.19. The van der Waals surface area contributed by atoms with E-state index in [0.29, 0.717) is 5.69 Å². The van der Waals surface area contributed by atoms with Crippen LogP contribution in [0.3, 0.4) is 0 Å². The number of phenols is 1. The van der Waals surface area contributed by atoms with E-state index in [4.69, 9.17) is 4.74 Å². The third-order valence-corrected chi connectivity index (χ3v) is 3.42. The number of amides is 1. The molecule has 0 aliphatic rings. The van der Waals surface area contributed by atoms with Gasteiger partial charge in [-0.05, 0) is 36.8 Å². The molecule has 0 aliphatic heterocycles. The second kappa shape index (κ2) is 6.87. The molecule has 0 aliphatic carbocycles. The molecule has 0 saturated heterocycles. The first-order chi connectivity index (χ1) is 11.6. The molecule has 6 nitrogen and oxygen atoms in total. The monoisotopic (exact) mass is 323 g/mol. The van der Waals surface area contributed by atoms with E-state index >= 15 is 0 Å². The van der Waals surface area contributed by atoms with Crippen molar-refractivity contribution >= 4 is 11.6 Å². The van der Waals surface area contributed by atoms with E-state index in [2.05, 4.69) is 10.4 Å². The number of hydrogen-bond donors (Lipinski definition) is 2. The highest BCUT2D eigenvalue weighted by molar-refractivity contribution is 6.02. The summed E-state index contributed by atoms with van der Waals surface area (Å²) < 4.78 is 7.23. The van der Waals surface area contributed by atoms with Crippen LogP contribution in [0, 0.1) is 6.92 Å². The number of phenolic OH excluding ortho intramolecular Hbond substituents is 1. The van der Waals surface area contributed by atoms with Gasteiger partial charge in [0.25, 0.3) is 5.91 Å². The Morgan fingerprint density at radius 1 is 1.21 bits per heavy atom. The van der Waals surface area contributed by atoms with Gasteiger partial charge >= 0.3 is 0 Å². The van der Waals surface area contributed by atoms with E-state index in [-0.39, 0.29) is 24.1 Å². The molecular formula is C18H17N3O3. The highest BCUT2D eigenvalue weighted by atomic mass is 16.5. The molecule has 0 saturated carbocycles. The van der Waals surface area contributed by atoms with Gasteiger partial charge in [-0.25, -0.2) is 4.68 Å². The second-order valence-corrected chi connectivity index (χ2v) is 5.28. The van der Waals surface area contributed by atoms with Crippen LogP contribution < -0.4 is 10.1 Å². The molecule has 1 aromatic heterocycles. The number of carbonyl (C=O) groups is 1. The standard InChI is InChI=1S/C18H17N3O3/c1-13-5-2-3-8-17(13)24-12-21-10-9-16(20-21)18(23)19-14-6-4-7-15(22)11-14/h2-11,22H,12H2,1H3,(H,19,23). The van der Waals surface area contributed by atoms with E-state index in [1.807, 2.05) is 31.2 Å². The Morgan fingerprint density at radius 2 is 2.04 bits per heavy atom. The smallest absolute Gasteiger partial charge is 0.276 e. The van der Waals surface area contributed by atoms with Crippen LogP contribution in [0.4, 0.5) is 5.69 Å². The minimum Gasteiger partial charge on any atom is -0.508 e. The molecule has 2 N–H and O–H groups in total. The summed E-state index contributed by atoms with van der Waals surface area (Å²) in [7, 11) is 0. The van der Waals surface area contributed by atoms with Crippen LogP contribution in [-0.4, -0.2) is 20.8 Å². The van der Waals surface area contributed by atoms with Gasteiger partial charge in [0.1, 0.15) is 11.5 Å². The lowest BCUT2D eigenvalue weighted by atomic mass is 10.2. The van der Waals surface area contributed by atoms with Gasteiger partial charge < -0.3 is 15.2 Å². The predicted octanol–water partition coefficient (Wildman–Crippen LogP) is 3.19. The number of nitrogens with zero attached hydrogens (tertiary/aromatic N) is 2. The number of aromatic nitrogens is 2. The van der Waals surface area contributed by atoms with Gasteiger partial charge in [-0.1, -0.05) is 24.3 Å². The minimum atomic E-state index is -0.352. The van der Waals surface area contributed by atoms with Crippen molar-refractivity contribution in [2.24, 2.45) is 0 Å². The molecule has 1 amide bonds. The van der Waals surface area contributed by atoms with E-state index in [1.165, 1.54) is 12.1 Å². The van der Waals surface area contributed by atoms with Crippen molar-refractivity contribution in [1.82, 2.24) is 9.78 Å². The molecule has 0 atom stereocenters. The molecule has 3 aromatic rings. The second-order valence-electron chi connectivity index (χ2n) is 5.28. The predicted molar refractivity (Wildman–Crippen MR) is 90.1 cm³/mol. The highest BCUT2D eigenvalue weighted by Crippen LogP contribution is 2.17. The largest absolute Gasteiger partial charge is 0.508 e. The quantitative estimate of drug-likeness (QED) is 0.756. The molecule has 0 radical (unpaired) electrons. The number of aryl methyl sites for hydroxylation is 1. The molecule has 2 aromatic carbocycles. The maximum absolute atomic E-state index is 12.2. The van der Waals surface area contributed by atoms with Crippen LogP contribution in [0.1, 0.15) is 16.1 Å². The van der Waals surface area contributed by atoms with Crippen LogP contribution in [-0.2, 0) is 6.73 Å². The first kappa shape index (κ1) is 15.6. The summed E-state index contributed by atoms with van der Waals surface area (Å²) in [6.07, 6.45) is 1.68. The number of aromatic hydroxyl groups is 1. The first-order valence-electron chi connectivity index (χ1n) is 7.44. The van der Waals surface area contributed by atoms with Crippen molar-refractivity contribution < 1.29 is 14.6 Å². The zero-order chi connectivity index (χ0) is 16.9. The van der Waals surface area contributed by atoms with Crippen LogP contribution in [0.2, 0.25) is 0 Å². The molecule has 0 bridgehead atoms. The average Bonchev–Trinajstić information content (AvgIpc) is 3.03. The van der Waals surface area contributed by atoms with Crippen molar-refractivity contribution in [1.29, 1.82) is 0 Å². The molecule has 0 spiro atoms. The number of benzene rings is 2. The van der Waals surface area contributed by atoms with Gasteiger partial charge in [0.05, 0.1) is 0 Å². The summed E-state index contributed by atoms with van der Waals surface area (Å²) in [5.74, 6) is 0.513. The van der Waals surface area contributed by atoms with Crippen molar-refractivity contribution in [2.75, 3.05) is 5.32 Å². The van der Waals surface area contributed by atoms with Gasteiger partial charge in [0, 0.05) is 18.0 Å². The number of para-hydroxylation sites is 1. The normalized spacial score (nSPS) is 10.4. The highest BCUT2D eigenvalue weighted by Gasteiger charge is 2.10. The summed E-state index contributed by atoms with van der Waals surface area (Å²) in [4.78, 5) is 12.2. The van der Waals surface area contributed by atoms with Gasteiger partial charge in [0.15, 0.2) is 12.4 Å². The fourth-order valence-corrected chi connectivity index (χ4v) is 2.19. The molecular weight excluding hydrogens is 306 g/mol. The van der Waals surface area contributed by atoms with E-state index in [0.717, 1.165) is 11.3 Å². The van der Waals surface area contributed by atoms with E-state index in [1.54, 1.807) is 29.1 Å². The van der Waals surface area contributed by atoms with Crippen molar-refractivity contribution in [3.8, 4) is 11.5 Å². The number of nitrogens with one attached hydrogen (secondary N) is 1. The Hall–Kier alpha value is -3.28. The van der Waals surface area contributed by atoms with E-state index < -0.39 is 0 Å². The SMILES string of the molecule is Cc1ccccc1OCn1ccc(C(=O)Nc2cccc(O)c2)n1. The molecule has 122 valence electrons. The third kappa shape index (κ3) is 3.73. The molecule has 24 heavy (non-hydrogen) atoms.